The molecule has 0 aromatic heterocycles. The van der Waals surface area contributed by atoms with E-state index in [-0.39, 0.29) is 17.8 Å². The van der Waals surface area contributed by atoms with E-state index in [1.807, 2.05) is 6.92 Å². The number of phenolic OH excluding ortho intramolecular Hbond substituents is 1. The van der Waals surface area contributed by atoms with Crippen molar-refractivity contribution in [2.75, 3.05) is 19.7 Å². The van der Waals surface area contributed by atoms with Crippen LogP contribution in [0.4, 0.5) is 0 Å². The van der Waals surface area contributed by atoms with Gasteiger partial charge in [-0.1, -0.05) is 12.1 Å². The first kappa shape index (κ1) is 15.8. The number of ether oxygens (including phenoxy) is 1. The van der Waals surface area contributed by atoms with Crippen LogP contribution in [0.15, 0.2) is 24.3 Å². The van der Waals surface area contributed by atoms with Gasteiger partial charge in [0.25, 0.3) is 0 Å². The lowest BCUT2D eigenvalue weighted by Crippen LogP contribution is -2.47. The predicted octanol–water partition coefficient (Wildman–Crippen LogP) is 1.29. The first-order valence-corrected chi connectivity index (χ1v) is 7.54. The highest BCUT2D eigenvalue weighted by Gasteiger charge is 2.25. The summed E-state index contributed by atoms with van der Waals surface area (Å²) in [6.07, 6.45) is 2.70. The standard InChI is InChI=1S/C16H24N2O3/c1-2-18(11-14-4-3-9-21-14)16(20)15(17)10-12-5-7-13(19)8-6-12/h5-8,14-15,19H,2-4,9-11,17H2,1H3. The molecule has 1 fully saturated rings. The maximum Gasteiger partial charge on any atom is 0.239 e. The quantitative estimate of drug-likeness (QED) is 0.828. The SMILES string of the molecule is CCN(CC1CCCO1)C(=O)C(N)Cc1ccc(O)cc1. The molecule has 5 heteroatoms. The molecule has 0 spiro atoms. The van der Waals surface area contributed by atoms with E-state index < -0.39 is 6.04 Å². The highest BCUT2D eigenvalue weighted by Crippen LogP contribution is 2.15. The molecule has 0 radical (unpaired) electrons. The molecule has 1 saturated heterocycles. The number of carbonyl (C=O) groups excluding carboxylic acids is 1. The smallest absolute Gasteiger partial charge is 0.239 e. The van der Waals surface area contributed by atoms with Gasteiger partial charge in [0.2, 0.25) is 5.91 Å². The second-order valence-corrected chi connectivity index (χ2v) is 5.49. The average molecular weight is 292 g/mol. The first-order chi connectivity index (χ1) is 10.1. The van der Waals surface area contributed by atoms with Crippen LogP contribution in [-0.2, 0) is 16.0 Å². The summed E-state index contributed by atoms with van der Waals surface area (Å²) in [6, 6.07) is 6.24. The number of amides is 1. The molecule has 1 amide bonds. The Morgan fingerprint density at radius 2 is 2.19 bits per heavy atom. The fraction of sp³-hybridized carbons (Fsp3) is 0.562. The molecule has 0 bridgehead atoms. The van der Waals surface area contributed by atoms with Crippen LogP contribution < -0.4 is 5.73 Å². The van der Waals surface area contributed by atoms with Crippen LogP contribution in [0.25, 0.3) is 0 Å². The van der Waals surface area contributed by atoms with Crippen molar-refractivity contribution in [2.24, 2.45) is 5.73 Å². The summed E-state index contributed by atoms with van der Waals surface area (Å²) < 4.78 is 5.58. The molecule has 1 aromatic rings. The molecule has 1 aliphatic heterocycles. The van der Waals surface area contributed by atoms with Crippen LogP contribution >= 0.6 is 0 Å². The number of likely N-dealkylation sites (N-methyl/N-ethyl adjacent to an activating group) is 1. The minimum Gasteiger partial charge on any atom is -0.508 e. The number of hydrogen-bond donors (Lipinski definition) is 2. The van der Waals surface area contributed by atoms with E-state index >= 15 is 0 Å². The second kappa shape index (κ2) is 7.43. The van der Waals surface area contributed by atoms with Crippen LogP contribution in [0.1, 0.15) is 25.3 Å². The van der Waals surface area contributed by atoms with Gasteiger partial charge in [0.05, 0.1) is 12.1 Å². The maximum atomic E-state index is 12.4. The van der Waals surface area contributed by atoms with Crippen LogP contribution in [0.3, 0.4) is 0 Å². The molecule has 1 aromatic carbocycles. The number of phenols is 1. The normalized spacial score (nSPS) is 19.4. The summed E-state index contributed by atoms with van der Waals surface area (Å²) in [5, 5.41) is 9.27. The Labute approximate surface area is 125 Å². The molecular weight excluding hydrogens is 268 g/mol. The van der Waals surface area contributed by atoms with E-state index in [2.05, 4.69) is 0 Å². The van der Waals surface area contributed by atoms with Crippen molar-refractivity contribution < 1.29 is 14.6 Å². The summed E-state index contributed by atoms with van der Waals surface area (Å²) in [7, 11) is 0. The number of nitrogens with zero attached hydrogens (tertiary/aromatic N) is 1. The zero-order valence-electron chi connectivity index (χ0n) is 12.5. The lowest BCUT2D eigenvalue weighted by molar-refractivity contribution is -0.133. The maximum absolute atomic E-state index is 12.4. The van der Waals surface area contributed by atoms with E-state index in [0.717, 1.165) is 25.0 Å². The van der Waals surface area contributed by atoms with Gasteiger partial charge in [-0.05, 0) is 43.9 Å². The van der Waals surface area contributed by atoms with E-state index in [4.69, 9.17) is 10.5 Å². The van der Waals surface area contributed by atoms with Gasteiger partial charge in [0.1, 0.15) is 5.75 Å². The fourth-order valence-corrected chi connectivity index (χ4v) is 2.62. The zero-order valence-corrected chi connectivity index (χ0v) is 12.5. The van der Waals surface area contributed by atoms with E-state index in [0.29, 0.717) is 19.5 Å². The summed E-state index contributed by atoms with van der Waals surface area (Å²) in [4.78, 5) is 14.2. The van der Waals surface area contributed by atoms with Gasteiger partial charge in [0.15, 0.2) is 0 Å². The molecule has 1 heterocycles. The topological polar surface area (TPSA) is 75.8 Å². The Bertz CT molecular complexity index is 455. The average Bonchev–Trinajstić information content (AvgIpc) is 2.99. The van der Waals surface area contributed by atoms with Gasteiger partial charge in [-0.3, -0.25) is 4.79 Å². The summed E-state index contributed by atoms with van der Waals surface area (Å²) in [5.41, 5.74) is 6.99. The Morgan fingerprint density at radius 1 is 1.48 bits per heavy atom. The van der Waals surface area contributed by atoms with Crippen molar-refractivity contribution in [2.45, 2.75) is 38.3 Å². The van der Waals surface area contributed by atoms with E-state index in [9.17, 15) is 9.90 Å². The van der Waals surface area contributed by atoms with E-state index in [1.165, 1.54) is 0 Å². The summed E-state index contributed by atoms with van der Waals surface area (Å²) in [5.74, 6) is 0.174. The van der Waals surface area contributed by atoms with Crippen molar-refractivity contribution in [1.29, 1.82) is 0 Å². The predicted molar refractivity (Wildman–Crippen MR) is 81.0 cm³/mol. The van der Waals surface area contributed by atoms with Gasteiger partial charge in [-0.2, -0.15) is 0 Å². The summed E-state index contributed by atoms with van der Waals surface area (Å²) >= 11 is 0. The molecule has 21 heavy (non-hydrogen) atoms. The van der Waals surface area contributed by atoms with Crippen molar-refractivity contribution in [3.8, 4) is 5.75 Å². The lowest BCUT2D eigenvalue weighted by Gasteiger charge is -2.26. The zero-order chi connectivity index (χ0) is 15.2. The minimum atomic E-state index is -0.559. The van der Waals surface area contributed by atoms with Gasteiger partial charge < -0.3 is 20.5 Å². The molecule has 5 nitrogen and oxygen atoms in total. The van der Waals surface area contributed by atoms with Crippen LogP contribution in [0.2, 0.25) is 0 Å². The largest absolute Gasteiger partial charge is 0.508 e. The van der Waals surface area contributed by atoms with Gasteiger partial charge in [0, 0.05) is 19.7 Å². The van der Waals surface area contributed by atoms with Crippen molar-refractivity contribution >= 4 is 5.91 Å². The number of rotatable bonds is 6. The third-order valence-corrected chi connectivity index (χ3v) is 3.85. The lowest BCUT2D eigenvalue weighted by atomic mass is 10.0. The summed E-state index contributed by atoms with van der Waals surface area (Å²) in [6.45, 7) is 4.01. The number of aromatic hydroxyl groups is 1. The third-order valence-electron chi connectivity index (χ3n) is 3.85. The van der Waals surface area contributed by atoms with Crippen molar-refractivity contribution in [3.63, 3.8) is 0 Å². The van der Waals surface area contributed by atoms with Gasteiger partial charge in [-0.25, -0.2) is 0 Å². The Kier molecular flexibility index (Phi) is 5.59. The first-order valence-electron chi connectivity index (χ1n) is 7.54. The molecule has 116 valence electrons. The Hall–Kier alpha value is -1.59. The molecule has 3 N–H and O–H groups in total. The second-order valence-electron chi connectivity index (χ2n) is 5.49. The third kappa shape index (κ3) is 4.44. The van der Waals surface area contributed by atoms with Crippen LogP contribution in [-0.4, -0.2) is 47.8 Å². The van der Waals surface area contributed by atoms with Crippen LogP contribution in [0, 0.1) is 0 Å². The number of nitrogens with two attached hydrogens (primary N) is 1. The van der Waals surface area contributed by atoms with Crippen molar-refractivity contribution in [3.05, 3.63) is 29.8 Å². The van der Waals surface area contributed by atoms with E-state index in [1.54, 1.807) is 29.2 Å². The molecule has 0 saturated carbocycles. The van der Waals surface area contributed by atoms with Gasteiger partial charge >= 0.3 is 0 Å². The molecule has 2 unspecified atom stereocenters. The monoisotopic (exact) mass is 292 g/mol. The highest BCUT2D eigenvalue weighted by molar-refractivity contribution is 5.82. The fourth-order valence-electron chi connectivity index (χ4n) is 2.62. The minimum absolute atomic E-state index is 0.0407. The van der Waals surface area contributed by atoms with Gasteiger partial charge in [-0.15, -0.1) is 0 Å². The highest BCUT2D eigenvalue weighted by atomic mass is 16.5. The number of benzene rings is 1. The molecular formula is C16H24N2O3. The molecule has 0 aliphatic carbocycles. The molecule has 1 aliphatic rings. The Balaban J connectivity index is 1.91. The Morgan fingerprint density at radius 3 is 2.76 bits per heavy atom. The van der Waals surface area contributed by atoms with Crippen LogP contribution in [0.5, 0.6) is 5.75 Å². The van der Waals surface area contributed by atoms with Crippen molar-refractivity contribution in [1.82, 2.24) is 4.90 Å². The molecule has 2 rings (SSSR count). The number of carbonyl (C=O) groups is 1. The molecule has 2 atom stereocenters. The number of hydrogen-bond acceptors (Lipinski definition) is 4.